The number of ketones is 1. The number of para-hydroxylation sites is 1. The van der Waals surface area contributed by atoms with Gasteiger partial charge in [-0.1, -0.05) is 18.2 Å². The molecule has 0 bridgehead atoms. The van der Waals surface area contributed by atoms with Crippen molar-refractivity contribution in [1.29, 1.82) is 0 Å². The predicted octanol–water partition coefficient (Wildman–Crippen LogP) is 3.37. The summed E-state index contributed by atoms with van der Waals surface area (Å²) in [6, 6.07) is 8.28. The number of halogens is 3. The molecular weight excluding hydrogens is 345 g/mol. The SMILES string of the molecule is O=C(C/C(=N/NC(=O)c1ccccc1O)C(F)(F)F)c1cccs1. The van der Waals surface area contributed by atoms with Gasteiger partial charge in [-0.05, 0) is 23.6 Å². The van der Waals surface area contributed by atoms with Gasteiger partial charge in [0.05, 0.1) is 16.9 Å². The number of phenolic OH excluding ortho intramolecular Hbond substituents is 1. The van der Waals surface area contributed by atoms with E-state index < -0.39 is 35.7 Å². The minimum absolute atomic E-state index is 0.166. The number of carbonyl (C=O) groups is 2. The van der Waals surface area contributed by atoms with Gasteiger partial charge in [-0.3, -0.25) is 9.59 Å². The molecule has 9 heteroatoms. The lowest BCUT2D eigenvalue weighted by Crippen LogP contribution is -2.30. The molecular formula is C15H11F3N2O3S. The third-order valence-electron chi connectivity index (χ3n) is 2.89. The van der Waals surface area contributed by atoms with Crippen molar-refractivity contribution < 1.29 is 27.9 Å². The number of phenols is 1. The maximum Gasteiger partial charge on any atom is 0.431 e. The number of hydrazone groups is 1. The zero-order valence-corrected chi connectivity index (χ0v) is 12.8. The first kappa shape index (κ1) is 17.7. The summed E-state index contributed by atoms with van der Waals surface area (Å²) in [6.45, 7) is 0. The molecule has 0 saturated carbocycles. The molecule has 1 aromatic carbocycles. The molecule has 1 heterocycles. The Morgan fingerprint density at radius 1 is 1.17 bits per heavy atom. The molecule has 1 amide bonds. The van der Waals surface area contributed by atoms with Crippen molar-refractivity contribution in [1.82, 2.24) is 5.43 Å². The maximum atomic E-state index is 13.0. The highest BCUT2D eigenvalue weighted by Gasteiger charge is 2.37. The van der Waals surface area contributed by atoms with E-state index in [4.69, 9.17) is 0 Å². The van der Waals surface area contributed by atoms with Crippen LogP contribution in [0.25, 0.3) is 0 Å². The largest absolute Gasteiger partial charge is 0.507 e. The fourth-order valence-electron chi connectivity index (χ4n) is 1.72. The highest BCUT2D eigenvalue weighted by Crippen LogP contribution is 2.22. The number of benzene rings is 1. The first-order valence-corrected chi connectivity index (χ1v) is 7.46. The average molecular weight is 356 g/mol. The first-order chi connectivity index (χ1) is 11.3. The average Bonchev–Trinajstić information content (AvgIpc) is 3.04. The van der Waals surface area contributed by atoms with Crippen LogP contribution < -0.4 is 5.43 Å². The second-order valence-electron chi connectivity index (χ2n) is 4.59. The molecule has 1 aromatic heterocycles. The number of rotatable bonds is 5. The summed E-state index contributed by atoms with van der Waals surface area (Å²) in [5, 5.41) is 14.1. The van der Waals surface area contributed by atoms with Gasteiger partial charge in [0, 0.05) is 0 Å². The fourth-order valence-corrected chi connectivity index (χ4v) is 2.39. The quantitative estimate of drug-likeness (QED) is 0.490. The molecule has 2 aromatic rings. The molecule has 2 N–H and O–H groups in total. The van der Waals surface area contributed by atoms with Crippen LogP contribution in [-0.2, 0) is 0 Å². The summed E-state index contributed by atoms with van der Waals surface area (Å²) in [7, 11) is 0. The van der Waals surface area contributed by atoms with Crippen LogP contribution in [0.1, 0.15) is 26.5 Å². The van der Waals surface area contributed by atoms with E-state index in [1.807, 2.05) is 0 Å². The van der Waals surface area contributed by atoms with Crippen LogP contribution in [0.4, 0.5) is 13.2 Å². The summed E-state index contributed by atoms with van der Waals surface area (Å²) < 4.78 is 38.9. The third-order valence-corrected chi connectivity index (χ3v) is 3.80. The van der Waals surface area contributed by atoms with Crippen LogP contribution in [0.2, 0.25) is 0 Å². The standard InChI is InChI=1S/C15H11F3N2O3S/c16-15(17,18)13(8-11(22)12-6-3-7-24-12)19-20-14(23)9-4-1-2-5-10(9)21/h1-7,21H,8H2,(H,20,23)/b19-13-. The number of nitrogens with zero attached hydrogens (tertiary/aromatic N) is 1. The van der Waals surface area contributed by atoms with Gasteiger partial charge in [-0.25, -0.2) is 5.43 Å². The van der Waals surface area contributed by atoms with Crippen molar-refractivity contribution >= 4 is 28.7 Å². The van der Waals surface area contributed by atoms with Crippen LogP contribution in [0.3, 0.4) is 0 Å². The predicted molar refractivity (Wildman–Crippen MR) is 82.3 cm³/mol. The molecule has 0 fully saturated rings. The highest BCUT2D eigenvalue weighted by atomic mass is 32.1. The molecule has 0 atom stereocenters. The van der Waals surface area contributed by atoms with Crippen LogP contribution in [0, 0.1) is 0 Å². The Kier molecular flexibility index (Phi) is 5.35. The van der Waals surface area contributed by atoms with Crippen molar-refractivity contribution in [2.75, 3.05) is 0 Å². The van der Waals surface area contributed by atoms with Crippen molar-refractivity contribution in [3.63, 3.8) is 0 Å². The van der Waals surface area contributed by atoms with Gasteiger partial charge >= 0.3 is 6.18 Å². The third kappa shape index (κ3) is 4.42. The fraction of sp³-hybridized carbons (Fsp3) is 0.133. The molecule has 0 saturated heterocycles. The summed E-state index contributed by atoms with van der Waals surface area (Å²) in [5.41, 5.74) is 0.0618. The Balaban J connectivity index is 2.16. The Morgan fingerprint density at radius 2 is 1.88 bits per heavy atom. The Bertz CT molecular complexity index is 771. The van der Waals surface area contributed by atoms with Crippen molar-refractivity contribution in [2.24, 2.45) is 5.10 Å². The molecule has 0 aliphatic heterocycles. The second kappa shape index (κ2) is 7.26. The van der Waals surface area contributed by atoms with Gasteiger partial charge in [0.2, 0.25) is 0 Å². The van der Waals surface area contributed by atoms with Gasteiger partial charge in [-0.2, -0.15) is 18.3 Å². The number of hydrogen-bond acceptors (Lipinski definition) is 5. The number of hydrogen-bond donors (Lipinski definition) is 2. The van der Waals surface area contributed by atoms with E-state index in [2.05, 4.69) is 5.10 Å². The summed E-state index contributed by atoms with van der Waals surface area (Å²) in [4.78, 5) is 23.8. The van der Waals surface area contributed by atoms with E-state index in [9.17, 15) is 27.9 Å². The molecule has 0 radical (unpaired) electrons. The van der Waals surface area contributed by atoms with Crippen LogP contribution >= 0.6 is 11.3 Å². The molecule has 126 valence electrons. The minimum Gasteiger partial charge on any atom is -0.507 e. The number of thiophene rings is 1. The highest BCUT2D eigenvalue weighted by molar-refractivity contribution is 7.12. The smallest absolute Gasteiger partial charge is 0.431 e. The van der Waals surface area contributed by atoms with E-state index in [1.165, 1.54) is 30.3 Å². The van der Waals surface area contributed by atoms with Crippen LogP contribution in [0.15, 0.2) is 46.9 Å². The normalized spacial score (nSPS) is 12.0. The number of nitrogens with one attached hydrogen (secondary N) is 1. The van der Waals surface area contributed by atoms with E-state index in [0.29, 0.717) is 0 Å². The van der Waals surface area contributed by atoms with Gasteiger partial charge in [-0.15, -0.1) is 11.3 Å². The van der Waals surface area contributed by atoms with Gasteiger partial charge in [0.25, 0.3) is 5.91 Å². The number of carbonyl (C=O) groups excluding carboxylic acids is 2. The Morgan fingerprint density at radius 3 is 2.46 bits per heavy atom. The molecule has 0 spiro atoms. The molecule has 24 heavy (non-hydrogen) atoms. The molecule has 2 rings (SSSR count). The number of aromatic hydroxyl groups is 1. The van der Waals surface area contributed by atoms with Crippen molar-refractivity contribution in [3.05, 3.63) is 52.2 Å². The van der Waals surface area contributed by atoms with Gasteiger partial charge in [0.15, 0.2) is 5.78 Å². The topological polar surface area (TPSA) is 78.8 Å². The first-order valence-electron chi connectivity index (χ1n) is 6.58. The summed E-state index contributed by atoms with van der Waals surface area (Å²) in [6.07, 6.45) is -5.87. The lowest BCUT2D eigenvalue weighted by Gasteiger charge is -2.10. The number of alkyl halides is 3. The number of amides is 1. The Hall–Kier alpha value is -2.68. The lowest BCUT2D eigenvalue weighted by molar-refractivity contribution is -0.0605. The van der Waals surface area contributed by atoms with Crippen molar-refractivity contribution in [2.45, 2.75) is 12.6 Å². The molecule has 0 aliphatic rings. The van der Waals surface area contributed by atoms with Crippen LogP contribution in [-0.4, -0.2) is 28.7 Å². The van der Waals surface area contributed by atoms with Gasteiger partial charge < -0.3 is 5.11 Å². The summed E-state index contributed by atoms with van der Waals surface area (Å²) >= 11 is 1.01. The summed E-state index contributed by atoms with van der Waals surface area (Å²) in [5.74, 6) is -2.16. The zero-order chi connectivity index (χ0) is 17.7. The minimum atomic E-state index is -4.88. The van der Waals surface area contributed by atoms with E-state index in [-0.39, 0.29) is 10.4 Å². The maximum absolute atomic E-state index is 13.0. The van der Waals surface area contributed by atoms with E-state index in [1.54, 1.807) is 16.9 Å². The monoisotopic (exact) mass is 356 g/mol. The lowest BCUT2D eigenvalue weighted by atomic mass is 10.1. The second-order valence-corrected chi connectivity index (χ2v) is 5.54. The molecule has 5 nitrogen and oxygen atoms in total. The molecule has 0 aliphatic carbocycles. The zero-order valence-electron chi connectivity index (χ0n) is 12.0. The van der Waals surface area contributed by atoms with Crippen molar-refractivity contribution in [3.8, 4) is 5.75 Å². The van der Waals surface area contributed by atoms with E-state index in [0.717, 1.165) is 11.3 Å². The van der Waals surface area contributed by atoms with Crippen LogP contribution in [0.5, 0.6) is 5.75 Å². The van der Waals surface area contributed by atoms with E-state index >= 15 is 0 Å². The van der Waals surface area contributed by atoms with Gasteiger partial charge in [0.1, 0.15) is 11.5 Å². The Labute approximate surface area is 138 Å². The molecule has 0 unspecified atom stereocenters. The number of Topliss-reactive ketones (excluding diaryl/α,β-unsaturated/α-hetero) is 1.